The molecule has 2 aliphatic rings. The summed E-state index contributed by atoms with van der Waals surface area (Å²) in [7, 11) is -3.60. The van der Waals surface area contributed by atoms with E-state index in [2.05, 4.69) is 16.9 Å². The van der Waals surface area contributed by atoms with Crippen molar-refractivity contribution in [2.45, 2.75) is 17.7 Å². The van der Waals surface area contributed by atoms with E-state index in [0.29, 0.717) is 24.3 Å². The maximum absolute atomic E-state index is 12.2. The van der Waals surface area contributed by atoms with Crippen molar-refractivity contribution in [1.29, 1.82) is 0 Å². The van der Waals surface area contributed by atoms with Gasteiger partial charge in [0.25, 0.3) is 5.69 Å². The van der Waals surface area contributed by atoms with Gasteiger partial charge in [-0.15, -0.1) is 0 Å². The molecule has 112 valence electrons. The van der Waals surface area contributed by atoms with Crippen LogP contribution in [0.2, 0.25) is 0 Å². The number of hydrogen-bond acceptors (Lipinski definition) is 4. The third-order valence-corrected chi connectivity index (χ3v) is 5.75. The predicted molar refractivity (Wildman–Crippen MR) is 77.1 cm³/mol. The molecule has 0 radical (unpaired) electrons. The molecule has 2 aliphatic carbocycles. The van der Waals surface area contributed by atoms with E-state index in [1.807, 2.05) is 0 Å². The summed E-state index contributed by atoms with van der Waals surface area (Å²) in [6, 6.07) is 4.94. The summed E-state index contributed by atoms with van der Waals surface area (Å²) in [6.07, 6.45) is 6.55. The molecular formula is C14H16N2O4S. The standard InChI is InChI=1S/C14H16N2O4S/c17-16(18)13-3-5-14(6-4-13)21(19,20)15-9-12-8-10-1-2-11(12)7-10/h1-6,10-12,15H,7-9H2/t10-,11+,12-/m1/s1. The van der Waals surface area contributed by atoms with E-state index < -0.39 is 14.9 Å². The number of non-ortho nitro benzene ring substituents is 1. The van der Waals surface area contributed by atoms with Crippen LogP contribution in [-0.2, 0) is 10.0 Å². The lowest BCUT2D eigenvalue weighted by Crippen LogP contribution is -2.31. The minimum Gasteiger partial charge on any atom is -0.258 e. The Morgan fingerprint density at radius 3 is 2.43 bits per heavy atom. The van der Waals surface area contributed by atoms with Crippen molar-refractivity contribution in [2.75, 3.05) is 6.54 Å². The van der Waals surface area contributed by atoms with Crippen molar-refractivity contribution < 1.29 is 13.3 Å². The first-order chi connectivity index (χ1) is 9.95. The number of benzene rings is 1. The molecule has 1 saturated carbocycles. The summed E-state index contributed by atoms with van der Waals surface area (Å²) in [5.74, 6) is 1.44. The van der Waals surface area contributed by atoms with Crippen molar-refractivity contribution in [1.82, 2.24) is 4.72 Å². The summed E-state index contributed by atoms with van der Waals surface area (Å²) < 4.78 is 27.0. The highest BCUT2D eigenvalue weighted by atomic mass is 32.2. The van der Waals surface area contributed by atoms with Crippen LogP contribution in [0.5, 0.6) is 0 Å². The normalized spacial score (nSPS) is 27.1. The summed E-state index contributed by atoms with van der Waals surface area (Å²) in [6.45, 7) is 0.421. The van der Waals surface area contributed by atoms with Crippen LogP contribution in [-0.4, -0.2) is 19.9 Å². The molecule has 1 fully saturated rings. The maximum Gasteiger partial charge on any atom is 0.269 e. The van der Waals surface area contributed by atoms with E-state index in [1.54, 1.807) is 0 Å². The number of rotatable bonds is 5. The molecule has 7 heteroatoms. The Labute approximate surface area is 123 Å². The molecule has 3 rings (SSSR count). The molecule has 21 heavy (non-hydrogen) atoms. The van der Waals surface area contributed by atoms with Crippen molar-refractivity contribution >= 4 is 15.7 Å². The van der Waals surface area contributed by atoms with Gasteiger partial charge in [0.05, 0.1) is 9.82 Å². The Bertz CT molecular complexity index is 681. The Kier molecular flexibility index (Phi) is 3.54. The summed E-state index contributed by atoms with van der Waals surface area (Å²) in [4.78, 5) is 10.1. The van der Waals surface area contributed by atoms with Gasteiger partial charge >= 0.3 is 0 Å². The van der Waals surface area contributed by atoms with Crippen LogP contribution >= 0.6 is 0 Å². The summed E-state index contributed by atoms with van der Waals surface area (Å²) in [5.41, 5.74) is -0.118. The maximum atomic E-state index is 12.2. The summed E-state index contributed by atoms with van der Waals surface area (Å²) in [5, 5.41) is 10.6. The van der Waals surface area contributed by atoms with E-state index in [0.717, 1.165) is 12.8 Å². The highest BCUT2D eigenvalue weighted by Gasteiger charge is 2.35. The van der Waals surface area contributed by atoms with Crippen molar-refractivity contribution in [3.8, 4) is 0 Å². The van der Waals surface area contributed by atoms with E-state index in [1.165, 1.54) is 24.3 Å². The molecule has 3 atom stereocenters. The molecule has 0 heterocycles. The average Bonchev–Trinajstić information content (AvgIpc) is 3.08. The van der Waals surface area contributed by atoms with Crippen molar-refractivity contribution in [3.63, 3.8) is 0 Å². The SMILES string of the molecule is O=[N+]([O-])c1ccc(S(=O)(=O)NC[C@H]2C[C@@H]3C=C[C@H]2C3)cc1. The minimum atomic E-state index is -3.60. The highest BCUT2D eigenvalue weighted by Crippen LogP contribution is 2.43. The van der Waals surface area contributed by atoms with Gasteiger partial charge in [-0.25, -0.2) is 13.1 Å². The molecule has 0 aliphatic heterocycles. The van der Waals surface area contributed by atoms with Gasteiger partial charge < -0.3 is 0 Å². The summed E-state index contributed by atoms with van der Waals surface area (Å²) >= 11 is 0. The van der Waals surface area contributed by atoms with Crippen LogP contribution < -0.4 is 4.72 Å². The zero-order valence-corrected chi connectivity index (χ0v) is 12.1. The predicted octanol–water partition coefficient (Wildman–Crippen LogP) is 2.09. The van der Waals surface area contributed by atoms with Gasteiger partial charge in [0, 0.05) is 18.7 Å². The Morgan fingerprint density at radius 1 is 1.19 bits per heavy atom. The third-order valence-electron chi connectivity index (χ3n) is 4.31. The number of allylic oxidation sites excluding steroid dienone is 2. The van der Waals surface area contributed by atoms with E-state index in [4.69, 9.17) is 0 Å². The fourth-order valence-electron chi connectivity index (χ4n) is 3.18. The van der Waals surface area contributed by atoms with Gasteiger partial charge in [-0.2, -0.15) is 0 Å². The topological polar surface area (TPSA) is 89.3 Å². The van der Waals surface area contributed by atoms with Gasteiger partial charge in [0.15, 0.2) is 0 Å². The second-order valence-electron chi connectivity index (χ2n) is 5.64. The molecule has 0 saturated heterocycles. The lowest BCUT2D eigenvalue weighted by Gasteiger charge is -2.18. The van der Waals surface area contributed by atoms with E-state index in [-0.39, 0.29) is 10.6 Å². The lowest BCUT2D eigenvalue weighted by molar-refractivity contribution is -0.384. The van der Waals surface area contributed by atoms with Crippen LogP contribution in [0.1, 0.15) is 12.8 Å². The zero-order valence-electron chi connectivity index (χ0n) is 11.3. The number of nitrogens with zero attached hydrogens (tertiary/aromatic N) is 1. The van der Waals surface area contributed by atoms with E-state index in [9.17, 15) is 18.5 Å². The number of fused-ring (bicyclic) bond motifs is 2. The van der Waals surface area contributed by atoms with Crippen LogP contribution in [0.3, 0.4) is 0 Å². The lowest BCUT2D eigenvalue weighted by atomic mass is 9.94. The van der Waals surface area contributed by atoms with Gasteiger partial charge in [0.2, 0.25) is 10.0 Å². The minimum absolute atomic E-state index is 0.0619. The first-order valence-corrected chi connectivity index (χ1v) is 8.36. The first-order valence-electron chi connectivity index (χ1n) is 6.88. The molecular weight excluding hydrogens is 292 g/mol. The molecule has 2 bridgehead atoms. The Morgan fingerprint density at radius 2 is 1.90 bits per heavy atom. The van der Waals surface area contributed by atoms with Crippen LogP contribution in [0, 0.1) is 27.9 Å². The molecule has 0 aromatic heterocycles. The first kappa shape index (κ1) is 14.2. The number of sulfonamides is 1. The molecule has 1 aromatic rings. The second-order valence-corrected chi connectivity index (χ2v) is 7.41. The Hall–Kier alpha value is -1.73. The van der Waals surface area contributed by atoms with Crippen molar-refractivity contribution in [2.24, 2.45) is 17.8 Å². The molecule has 6 nitrogen and oxygen atoms in total. The Balaban J connectivity index is 1.66. The van der Waals surface area contributed by atoms with Gasteiger partial charge in [-0.1, -0.05) is 12.2 Å². The quantitative estimate of drug-likeness (QED) is 0.512. The van der Waals surface area contributed by atoms with Crippen LogP contribution in [0.15, 0.2) is 41.3 Å². The molecule has 0 amide bonds. The van der Waals surface area contributed by atoms with Crippen LogP contribution in [0.4, 0.5) is 5.69 Å². The monoisotopic (exact) mass is 308 g/mol. The van der Waals surface area contributed by atoms with Gasteiger partial charge in [0.1, 0.15) is 0 Å². The van der Waals surface area contributed by atoms with Gasteiger partial charge in [-0.3, -0.25) is 10.1 Å². The molecule has 0 spiro atoms. The smallest absolute Gasteiger partial charge is 0.258 e. The number of nitrogens with one attached hydrogen (secondary N) is 1. The highest BCUT2D eigenvalue weighted by molar-refractivity contribution is 7.89. The molecule has 1 aromatic carbocycles. The number of nitro benzene ring substituents is 1. The third kappa shape index (κ3) is 2.84. The largest absolute Gasteiger partial charge is 0.269 e. The van der Waals surface area contributed by atoms with Gasteiger partial charge in [-0.05, 0) is 42.7 Å². The average molecular weight is 308 g/mol. The fraction of sp³-hybridized carbons (Fsp3) is 0.429. The van der Waals surface area contributed by atoms with Crippen LogP contribution in [0.25, 0.3) is 0 Å². The zero-order chi connectivity index (χ0) is 15.0. The van der Waals surface area contributed by atoms with E-state index >= 15 is 0 Å². The second kappa shape index (κ2) is 5.23. The van der Waals surface area contributed by atoms with Crippen molar-refractivity contribution in [3.05, 3.63) is 46.5 Å². The molecule has 0 unspecified atom stereocenters. The number of nitro groups is 1. The molecule has 1 N–H and O–H groups in total. The fourth-order valence-corrected chi connectivity index (χ4v) is 4.27. The number of hydrogen-bond donors (Lipinski definition) is 1.